The Bertz CT molecular complexity index is 868. The fourth-order valence-electron chi connectivity index (χ4n) is 4.78. The van der Waals surface area contributed by atoms with E-state index in [-0.39, 0.29) is 5.91 Å². The van der Waals surface area contributed by atoms with Gasteiger partial charge in [-0.3, -0.25) is 9.69 Å². The number of fused-ring (bicyclic) bond motifs is 1. The van der Waals surface area contributed by atoms with Crippen LogP contribution in [0.3, 0.4) is 0 Å². The molecule has 4 heterocycles. The standard InChI is InChI=1S/C23H36N6OS/c1-3-9-27-13-15-29(16-14-27)21-19-18(2)20(31-23(19)26-17-25-21)22(30)24-8-12-28-10-6-4-5-7-11-28/h17H,3-16H2,1-2H3,(H,24,30). The second-order valence-corrected chi connectivity index (χ2v) is 9.77. The largest absolute Gasteiger partial charge is 0.353 e. The Morgan fingerprint density at radius 1 is 1.00 bits per heavy atom. The number of likely N-dealkylation sites (tertiary alicyclic amines) is 1. The van der Waals surface area contributed by atoms with E-state index in [0.29, 0.717) is 6.54 Å². The topological polar surface area (TPSA) is 64.6 Å². The Labute approximate surface area is 189 Å². The number of anilines is 1. The molecular formula is C23H36N6OS. The van der Waals surface area contributed by atoms with E-state index in [1.54, 1.807) is 6.33 Å². The first kappa shape index (κ1) is 22.4. The molecule has 0 aromatic carbocycles. The third kappa shape index (κ3) is 5.35. The predicted molar refractivity (Wildman–Crippen MR) is 128 cm³/mol. The zero-order chi connectivity index (χ0) is 21.6. The molecule has 2 fully saturated rings. The third-order valence-electron chi connectivity index (χ3n) is 6.54. The Kier molecular flexibility index (Phi) is 7.74. The minimum atomic E-state index is 0.0223. The molecule has 2 aliphatic heterocycles. The van der Waals surface area contributed by atoms with Gasteiger partial charge in [-0.05, 0) is 51.4 Å². The summed E-state index contributed by atoms with van der Waals surface area (Å²) in [6, 6.07) is 0. The van der Waals surface area contributed by atoms with Gasteiger partial charge in [0.05, 0.1) is 10.3 Å². The summed E-state index contributed by atoms with van der Waals surface area (Å²) < 4.78 is 0. The van der Waals surface area contributed by atoms with Crippen molar-refractivity contribution < 1.29 is 4.79 Å². The number of nitrogens with one attached hydrogen (secondary N) is 1. The first-order valence-corrected chi connectivity index (χ1v) is 12.7. The van der Waals surface area contributed by atoms with Crippen molar-refractivity contribution in [2.75, 3.05) is 63.8 Å². The molecule has 0 bridgehead atoms. The van der Waals surface area contributed by atoms with E-state index >= 15 is 0 Å². The van der Waals surface area contributed by atoms with Crippen LogP contribution < -0.4 is 10.2 Å². The van der Waals surface area contributed by atoms with E-state index in [9.17, 15) is 4.79 Å². The lowest BCUT2D eigenvalue weighted by atomic mass is 10.1. The molecule has 0 spiro atoms. The van der Waals surface area contributed by atoms with Crippen molar-refractivity contribution in [2.24, 2.45) is 0 Å². The minimum Gasteiger partial charge on any atom is -0.353 e. The second kappa shape index (κ2) is 10.7. The number of hydrogen-bond donors (Lipinski definition) is 1. The lowest BCUT2D eigenvalue weighted by Gasteiger charge is -2.35. The van der Waals surface area contributed by atoms with E-state index < -0.39 is 0 Å². The van der Waals surface area contributed by atoms with Crippen molar-refractivity contribution in [3.63, 3.8) is 0 Å². The number of piperazine rings is 1. The zero-order valence-corrected chi connectivity index (χ0v) is 19.8. The summed E-state index contributed by atoms with van der Waals surface area (Å²) in [5.41, 5.74) is 1.01. The summed E-state index contributed by atoms with van der Waals surface area (Å²) >= 11 is 1.49. The van der Waals surface area contributed by atoms with Crippen LogP contribution in [0.5, 0.6) is 0 Å². The Morgan fingerprint density at radius 3 is 2.42 bits per heavy atom. The monoisotopic (exact) mass is 444 g/mol. The molecule has 0 atom stereocenters. The number of nitrogens with zero attached hydrogens (tertiary/aromatic N) is 5. The molecule has 2 saturated heterocycles. The maximum Gasteiger partial charge on any atom is 0.261 e. The lowest BCUT2D eigenvalue weighted by Crippen LogP contribution is -2.46. The zero-order valence-electron chi connectivity index (χ0n) is 19.0. The van der Waals surface area contributed by atoms with Crippen LogP contribution in [0.4, 0.5) is 5.82 Å². The summed E-state index contributed by atoms with van der Waals surface area (Å²) in [5, 5.41) is 4.20. The molecule has 7 nitrogen and oxygen atoms in total. The summed E-state index contributed by atoms with van der Waals surface area (Å²) in [6.07, 6.45) is 8.06. The average Bonchev–Trinajstić information content (AvgIpc) is 2.95. The number of carbonyl (C=O) groups excluding carboxylic acids is 1. The van der Waals surface area contributed by atoms with Crippen molar-refractivity contribution in [2.45, 2.75) is 46.0 Å². The van der Waals surface area contributed by atoms with E-state index in [4.69, 9.17) is 0 Å². The third-order valence-corrected chi connectivity index (χ3v) is 7.74. The van der Waals surface area contributed by atoms with Gasteiger partial charge in [0.2, 0.25) is 0 Å². The highest BCUT2D eigenvalue weighted by Gasteiger charge is 2.24. The number of carbonyl (C=O) groups is 1. The normalized spacial score (nSPS) is 19.0. The maximum absolute atomic E-state index is 13.0. The molecule has 170 valence electrons. The smallest absolute Gasteiger partial charge is 0.261 e. The van der Waals surface area contributed by atoms with Gasteiger partial charge in [0.1, 0.15) is 17.0 Å². The van der Waals surface area contributed by atoms with Crippen molar-refractivity contribution >= 4 is 33.3 Å². The fourth-order valence-corrected chi connectivity index (χ4v) is 5.84. The van der Waals surface area contributed by atoms with Crippen LogP contribution in [-0.2, 0) is 0 Å². The number of thiophene rings is 1. The molecule has 2 aromatic heterocycles. The number of amides is 1. The highest BCUT2D eigenvalue weighted by Crippen LogP contribution is 2.35. The quantitative estimate of drug-likeness (QED) is 0.708. The van der Waals surface area contributed by atoms with Crippen molar-refractivity contribution in [3.8, 4) is 0 Å². The fraction of sp³-hybridized carbons (Fsp3) is 0.696. The lowest BCUT2D eigenvalue weighted by molar-refractivity contribution is 0.0952. The first-order valence-electron chi connectivity index (χ1n) is 11.9. The molecule has 8 heteroatoms. The van der Waals surface area contributed by atoms with Gasteiger partial charge >= 0.3 is 0 Å². The van der Waals surface area contributed by atoms with Gasteiger partial charge in [-0.1, -0.05) is 19.8 Å². The Balaban J connectivity index is 1.43. The van der Waals surface area contributed by atoms with Crippen LogP contribution in [0, 0.1) is 6.92 Å². The molecular weight excluding hydrogens is 408 g/mol. The van der Waals surface area contributed by atoms with Crippen molar-refractivity contribution in [3.05, 3.63) is 16.8 Å². The summed E-state index contributed by atoms with van der Waals surface area (Å²) in [7, 11) is 0. The van der Waals surface area contributed by atoms with Gasteiger partial charge in [0.25, 0.3) is 5.91 Å². The average molecular weight is 445 g/mol. The van der Waals surface area contributed by atoms with Crippen LogP contribution in [0.15, 0.2) is 6.33 Å². The molecule has 2 aliphatic rings. The highest BCUT2D eigenvalue weighted by molar-refractivity contribution is 7.20. The van der Waals surface area contributed by atoms with Crippen LogP contribution >= 0.6 is 11.3 Å². The number of aromatic nitrogens is 2. The molecule has 1 amide bonds. The van der Waals surface area contributed by atoms with Crippen LogP contribution in [0.2, 0.25) is 0 Å². The van der Waals surface area contributed by atoms with Crippen LogP contribution in [0.1, 0.15) is 54.3 Å². The van der Waals surface area contributed by atoms with Crippen LogP contribution in [0.25, 0.3) is 10.2 Å². The van der Waals surface area contributed by atoms with Crippen LogP contribution in [-0.4, -0.2) is 84.6 Å². The molecule has 4 rings (SSSR count). The van der Waals surface area contributed by atoms with Gasteiger partial charge in [-0.25, -0.2) is 9.97 Å². The molecule has 1 N–H and O–H groups in total. The molecule has 0 unspecified atom stereocenters. The summed E-state index contributed by atoms with van der Waals surface area (Å²) in [4.78, 5) is 31.1. The molecule has 0 radical (unpaired) electrons. The highest BCUT2D eigenvalue weighted by atomic mass is 32.1. The number of aryl methyl sites for hydroxylation is 1. The SMILES string of the molecule is CCCN1CCN(c2ncnc3sc(C(=O)NCCN4CCCCCC4)c(C)c23)CC1. The number of rotatable bonds is 7. The first-order chi connectivity index (χ1) is 15.2. The van der Waals surface area contributed by atoms with Crippen molar-refractivity contribution in [1.82, 2.24) is 25.1 Å². The van der Waals surface area contributed by atoms with Gasteiger partial charge in [-0.15, -0.1) is 11.3 Å². The van der Waals surface area contributed by atoms with Crippen molar-refractivity contribution in [1.29, 1.82) is 0 Å². The minimum absolute atomic E-state index is 0.0223. The number of hydrogen-bond acceptors (Lipinski definition) is 7. The molecule has 2 aromatic rings. The Hall–Kier alpha value is -1.77. The van der Waals surface area contributed by atoms with E-state index in [0.717, 1.165) is 78.8 Å². The predicted octanol–water partition coefficient (Wildman–Crippen LogP) is 3.14. The second-order valence-electron chi connectivity index (χ2n) is 8.77. The van der Waals surface area contributed by atoms with Gasteiger partial charge in [-0.2, -0.15) is 0 Å². The summed E-state index contributed by atoms with van der Waals surface area (Å²) in [6.45, 7) is 13.4. The molecule has 0 saturated carbocycles. The van der Waals surface area contributed by atoms with Gasteiger partial charge in [0.15, 0.2) is 0 Å². The van der Waals surface area contributed by atoms with E-state index in [2.05, 4.69) is 36.9 Å². The summed E-state index contributed by atoms with van der Waals surface area (Å²) in [5.74, 6) is 1.01. The molecule has 0 aliphatic carbocycles. The van der Waals surface area contributed by atoms with E-state index in [1.807, 2.05) is 6.92 Å². The van der Waals surface area contributed by atoms with Gasteiger partial charge in [0, 0.05) is 39.3 Å². The Morgan fingerprint density at radius 2 is 1.71 bits per heavy atom. The van der Waals surface area contributed by atoms with Gasteiger partial charge < -0.3 is 15.1 Å². The van der Waals surface area contributed by atoms with E-state index in [1.165, 1.54) is 43.4 Å². The molecule has 31 heavy (non-hydrogen) atoms. The maximum atomic E-state index is 13.0.